The predicted molar refractivity (Wildman–Crippen MR) is 121 cm³/mol. The highest BCUT2D eigenvalue weighted by atomic mass is 32.1. The highest BCUT2D eigenvalue weighted by molar-refractivity contribution is 7.15. The van der Waals surface area contributed by atoms with Crippen molar-refractivity contribution in [3.05, 3.63) is 52.4 Å². The van der Waals surface area contributed by atoms with E-state index in [1.165, 1.54) is 11.3 Å². The van der Waals surface area contributed by atoms with Gasteiger partial charge in [0.05, 0.1) is 17.9 Å². The first-order valence-electron chi connectivity index (χ1n) is 10.3. The lowest BCUT2D eigenvalue weighted by molar-refractivity contribution is -0.146. The van der Waals surface area contributed by atoms with Crippen molar-refractivity contribution >= 4 is 34.2 Å². The van der Waals surface area contributed by atoms with Crippen LogP contribution in [0.2, 0.25) is 0 Å². The number of thiophene rings is 1. The lowest BCUT2D eigenvalue weighted by atomic mass is 9.76. The zero-order chi connectivity index (χ0) is 22.7. The van der Waals surface area contributed by atoms with Crippen molar-refractivity contribution in [1.29, 1.82) is 0 Å². The second-order valence-corrected chi connectivity index (χ2v) is 9.06. The van der Waals surface area contributed by atoms with Crippen molar-refractivity contribution in [2.24, 2.45) is 11.8 Å². The summed E-state index contributed by atoms with van der Waals surface area (Å²) in [6.07, 6.45) is 0.420. The fourth-order valence-corrected chi connectivity index (χ4v) is 4.75. The summed E-state index contributed by atoms with van der Waals surface area (Å²) >= 11 is 1.24. The van der Waals surface area contributed by atoms with Gasteiger partial charge < -0.3 is 15.2 Å². The van der Waals surface area contributed by atoms with E-state index in [0.717, 1.165) is 16.7 Å². The Balaban J connectivity index is 1.95. The molecule has 0 bridgehead atoms. The number of esters is 1. The van der Waals surface area contributed by atoms with Crippen LogP contribution in [0.5, 0.6) is 0 Å². The van der Waals surface area contributed by atoms with Gasteiger partial charge in [0, 0.05) is 10.9 Å². The molecule has 2 atom stereocenters. The molecule has 1 aromatic carbocycles. The Labute approximate surface area is 185 Å². The lowest BCUT2D eigenvalue weighted by Gasteiger charge is -2.29. The van der Waals surface area contributed by atoms with Crippen LogP contribution in [0.4, 0.5) is 5.00 Å². The molecule has 0 saturated carbocycles. The molecule has 2 N–H and O–H groups in total. The number of carboxylic acids is 1. The second-order valence-electron chi connectivity index (χ2n) is 8.18. The largest absolute Gasteiger partial charge is 0.481 e. The maximum atomic E-state index is 13.1. The third-order valence-electron chi connectivity index (χ3n) is 5.58. The van der Waals surface area contributed by atoms with Gasteiger partial charge in [-0.15, -0.1) is 11.3 Å². The van der Waals surface area contributed by atoms with Crippen LogP contribution in [-0.2, 0) is 14.3 Å². The van der Waals surface area contributed by atoms with Crippen LogP contribution in [0.3, 0.4) is 0 Å². The molecule has 0 spiro atoms. The molecule has 6 nitrogen and oxygen atoms in total. The van der Waals surface area contributed by atoms with Crippen LogP contribution in [0.25, 0.3) is 11.1 Å². The van der Waals surface area contributed by atoms with E-state index in [0.29, 0.717) is 29.0 Å². The molecule has 0 radical (unpaired) electrons. The number of benzene rings is 1. The molecule has 1 heterocycles. The van der Waals surface area contributed by atoms with Crippen LogP contribution in [-0.4, -0.2) is 29.1 Å². The van der Waals surface area contributed by atoms with Crippen molar-refractivity contribution in [2.45, 2.75) is 46.6 Å². The number of carboxylic acid groups (broad SMARTS) is 1. The summed E-state index contributed by atoms with van der Waals surface area (Å²) in [5.41, 5.74) is 3.86. The number of carbonyl (C=O) groups excluding carboxylic acids is 2. The fraction of sp³-hybridized carbons (Fsp3) is 0.375. The van der Waals surface area contributed by atoms with Crippen molar-refractivity contribution in [2.75, 3.05) is 5.32 Å². The van der Waals surface area contributed by atoms with Crippen molar-refractivity contribution in [3.8, 4) is 11.1 Å². The molecule has 2 aromatic rings. The molecule has 31 heavy (non-hydrogen) atoms. The van der Waals surface area contributed by atoms with Gasteiger partial charge in [0.2, 0.25) is 5.91 Å². The Kier molecular flexibility index (Phi) is 6.95. The zero-order valence-corrected chi connectivity index (χ0v) is 18.9. The highest BCUT2D eigenvalue weighted by Gasteiger charge is 2.38. The van der Waals surface area contributed by atoms with E-state index in [2.05, 4.69) is 5.32 Å². The summed E-state index contributed by atoms with van der Waals surface area (Å²) in [5, 5.41) is 14.7. The number of allylic oxidation sites excluding steroid dienone is 2. The minimum absolute atomic E-state index is 0.296. The summed E-state index contributed by atoms with van der Waals surface area (Å²) in [5.74, 6) is -3.38. The van der Waals surface area contributed by atoms with E-state index in [4.69, 9.17) is 4.74 Å². The Morgan fingerprint density at radius 3 is 2.26 bits per heavy atom. The van der Waals surface area contributed by atoms with E-state index in [1.807, 2.05) is 49.6 Å². The molecule has 7 heteroatoms. The first-order valence-corrected chi connectivity index (χ1v) is 11.1. The minimum atomic E-state index is -0.984. The van der Waals surface area contributed by atoms with Gasteiger partial charge >= 0.3 is 11.9 Å². The van der Waals surface area contributed by atoms with Crippen molar-refractivity contribution in [3.63, 3.8) is 0 Å². The number of hydrogen-bond acceptors (Lipinski definition) is 5. The third kappa shape index (κ3) is 5.05. The van der Waals surface area contributed by atoms with Gasteiger partial charge in [-0.1, -0.05) is 41.5 Å². The number of anilines is 1. The molecule has 1 aromatic heterocycles. The SMILES string of the molecule is CC1=C(C)C[C@@H](C(=O)Nc2scc(-c3ccccc3)c2C(=O)OC(C)C)[C@H](C(=O)O)C1. The van der Waals surface area contributed by atoms with Gasteiger partial charge in [-0.2, -0.15) is 0 Å². The summed E-state index contributed by atoms with van der Waals surface area (Å²) < 4.78 is 5.43. The Morgan fingerprint density at radius 1 is 1.06 bits per heavy atom. The number of hydrogen-bond donors (Lipinski definition) is 2. The summed E-state index contributed by atoms with van der Waals surface area (Å²) in [4.78, 5) is 37.8. The first-order chi connectivity index (χ1) is 14.7. The average molecular weight is 442 g/mol. The maximum absolute atomic E-state index is 13.1. The number of amides is 1. The quantitative estimate of drug-likeness (QED) is 0.465. The number of nitrogens with one attached hydrogen (secondary N) is 1. The average Bonchev–Trinajstić information content (AvgIpc) is 3.13. The second kappa shape index (κ2) is 9.47. The Morgan fingerprint density at radius 2 is 1.68 bits per heavy atom. The minimum Gasteiger partial charge on any atom is -0.481 e. The number of rotatable bonds is 6. The summed E-state index contributed by atoms with van der Waals surface area (Å²) in [6, 6.07) is 9.41. The van der Waals surface area contributed by atoms with Crippen LogP contribution in [0.15, 0.2) is 46.9 Å². The monoisotopic (exact) mass is 441 g/mol. The molecule has 1 amide bonds. The fourth-order valence-electron chi connectivity index (χ4n) is 3.79. The van der Waals surface area contributed by atoms with Gasteiger partial charge in [0.15, 0.2) is 0 Å². The van der Waals surface area contributed by atoms with E-state index in [-0.39, 0.29) is 12.0 Å². The van der Waals surface area contributed by atoms with E-state index >= 15 is 0 Å². The van der Waals surface area contributed by atoms with Crippen LogP contribution < -0.4 is 5.32 Å². The molecule has 1 aliphatic rings. The van der Waals surface area contributed by atoms with E-state index in [1.54, 1.807) is 13.8 Å². The number of aliphatic carboxylic acids is 1. The molecule has 0 unspecified atom stereocenters. The number of ether oxygens (including phenoxy) is 1. The summed E-state index contributed by atoms with van der Waals surface area (Å²) in [7, 11) is 0. The molecular formula is C24H27NO5S. The molecule has 3 rings (SSSR count). The third-order valence-corrected chi connectivity index (χ3v) is 6.48. The smallest absolute Gasteiger partial charge is 0.342 e. The number of carbonyl (C=O) groups is 3. The molecule has 0 saturated heterocycles. The highest BCUT2D eigenvalue weighted by Crippen LogP contribution is 2.39. The van der Waals surface area contributed by atoms with Gasteiger partial charge in [-0.05, 0) is 46.1 Å². The van der Waals surface area contributed by atoms with Gasteiger partial charge in [0.1, 0.15) is 10.6 Å². The maximum Gasteiger partial charge on any atom is 0.342 e. The van der Waals surface area contributed by atoms with E-state index in [9.17, 15) is 19.5 Å². The molecule has 164 valence electrons. The normalized spacial score (nSPS) is 18.7. The Hall–Kier alpha value is -2.93. The predicted octanol–water partition coefficient (Wildman–Crippen LogP) is 5.37. The standard InChI is InChI=1S/C24H27NO5S/c1-13(2)30-24(29)20-19(16-8-6-5-7-9-16)12-31-22(20)25-21(26)17-10-14(3)15(4)11-18(17)23(27)28/h5-9,12-13,17-18H,10-11H2,1-4H3,(H,25,26)(H,27,28)/t17-,18-/m1/s1. The molecular weight excluding hydrogens is 414 g/mol. The van der Waals surface area contributed by atoms with Crippen LogP contribution in [0, 0.1) is 11.8 Å². The van der Waals surface area contributed by atoms with Crippen molar-refractivity contribution in [1.82, 2.24) is 0 Å². The van der Waals surface area contributed by atoms with Gasteiger partial charge in [-0.25, -0.2) is 4.79 Å². The van der Waals surface area contributed by atoms with Gasteiger partial charge in [-0.3, -0.25) is 9.59 Å². The van der Waals surface area contributed by atoms with Crippen molar-refractivity contribution < 1.29 is 24.2 Å². The summed E-state index contributed by atoms with van der Waals surface area (Å²) in [6.45, 7) is 7.37. The Bertz CT molecular complexity index is 1020. The first kappa shape index (κ1) is 22.7. The van der Waals surface area contributed by atoms with Crippen LogP contribution >= 0.6 is 11.3 Å². The van der Waals surface area contributed by atoms with Gasteiger partial charge in [0.25, 0.3) is 0 Å². The molecule has 0 fully saturated rings. The molecule has 1 aliphatic carbocycles. The topological polar surface area (TPSA) is 92.7 Å². The molecule has 0 aliphatic heterocycles. The lowest BCUT2D eigenvalue weighted by Crippen LogP contribution is -2.36. The zero-order valence-electron chi connectivity index (χ0n) is 18.1. The van der Waals surface area contributed by atoms with Crippen LogP contribution in [0.1, 0.15) is 50.9 Å². The van der Waals surface area contributed by atoms with E-state index < -0.39 is 23.8 Å².